The van der Waals surface area contributed by atoms with Crippen LogP contribution in [0.4, 0.5) is 5.69 Å². The number of nitrogens with one attached hydrogen (secondary N) is 1. The van der Waals surface area contributed by atoms with Crippen LogP contribution >= 0.6 is 0 Å². The summed E-state index contributed by atoms with van der Waals surface area (Å²) in [5.41, 5.74) is 1.75. The normalized spacial score (nSPS) is 11.7. The van der Waals surface area contributed by atoms with E-state index >= 15 is 0 Å². The lowest BCUT2D eigenvalue weighted by Gasteiger charge is -2.14. The van der Waals surface area contributed by atoms with Gasteiger partial charge in [-0.05, 0) is 24.3 Å². The highest BCUT2D eigenvalue weighted by Gasteiger charge is 2.21. The summed E-state index contributed by atoms with van der Waals surface area (Å²) < 4.78 is 10.8. The third kappa shape index (κ3) is 4.28. The zero-order valence-electron chi connectivity index (χ0n) is 14.0. The largest absolute Gasteiger partial charge is 0.495 e. The van der Waals surface area contributed by atoms with E-state index in [4.69, 9.17) is 9.15 Å². The molecule has 0 radical (unpaired) electrons. The summed E-state index contributed by atoms with van der Waals surface area (Å²) in [6.45, 7) is 0.262. The first-order valence-corrected chi connectivity index (χ1v) is 8.12. The Bertz CT molecular complexity index is 801. The molecule has 0 bridgehead atoms. The number of hydrogen-bond acceptors (Lipinski definition) is 3. The molecule has 0 aliphatic carbocycles. The monoisotopic (exact) mass is 337 g/mol. The van der Waals surface area contributed by atoms with E-state index in [-0.39, 0.29) is 18.5 Å². The molecule has 128 valence electrons. The van der Waals surface area contributed by atoms with Crippen LogP contribution in [0.5, 0.6) is 5.75 Å². The van der Waals surface area contributed by atoms with Gasteiger partial charge in [-0.2, -0.15) is 0 Å². The molecule has 1 amide bonds. The Hall–Kier alpha value is -3.05. The number of nitrogens with two attached hydrogens (primary N) is 1. The number of ether oxygens (including phenoxy) is 1. The molecule has 3 rings (SSSR count). The van der Waals surface area contributed by atoms with Crippen LogP contribution in [-0.2, 0) is 4.79 Å². The zero-order valence-corrected chi connectivity index (χ0v) is 14.0. The van der Waals surface area contributed by atoms with Gasteiger partial charge in [0.1, 0.15) is 5.75 Å². The predicted octanol–water partition coefficient (Wildman–Crippen LogP) is 2.58. The van der Waals surface area contributed by atoms with Crippen LogP contribution in [0.2, 0.25) is 0 Å². The van der Waals surface area contributed by atoms with Crippen LogP contribution in [-0.4, -0.2) is 19.6 Å². The lowest BCUT2D eigenvalue weighted by molar-refractivity contribution is -0.678. The molecular weight excluding hydrogens is 316 g/mol. The number of carbonyl (C=O) groups excluding carboxylic acids is 1. The van der Waals surface area contributed by atoms with Gasteiger partial charge >= 0.3 is 0 Å². The molecule has 0 aliphatic rings. The molecule has 0 saturated carbocycles. The first kappa shape index (κ1) is 16.8. The maximum atomic E-state index is 12.4. The lowest BCUT2D eigenvalue weighted by Crippen LogP contribution is -2.87. The van der Waals surface area contributed by atoms with Gasteiger partial charge in [-0.1, -0.05) is 42.5 Å². The number of hydrogen-bond donors (Lipinski definition) is 2. The van der Waals surface area contributed by atoms with E-state index in [0.29, 0.717) is 11.4 Å². The highest BCUT2D eigenvalue weighted by molar-refractivity contribution is 5.92. The van der Waals surface area contributed by atoms with Crippen molar-refractivity contribution < 1.29 is 19.3 Å². The quantitative estimate of drug-likeness (QED) is 0.696. The number of methoxy groups -OCH3 is 1. The van der Waals surface area contributed by atoms with E-state index in [0.717, 1.165) is 11.3 Å². The third-order valence-corrected chi connectivity index (χ3v) is 3.93. The van der Waals surface area contributed by atoms with Crippen molar-refractivity contribution in [3.05, 3.63) is 84.3 Å². The van der Waals surface area contributed by atoms with E-state index < -0.39 is 0 Å². The molecule has 1 atom stereocenters. The summed E-state index contributed by atoms with van der Waals surface area (Å²) in [6, 6.07) is 21.1. The maximum absolute atomic E-state index is 12.4. The fourth-order valence-electron chi connectivity index (χ4n) is 2.72. The van der Waals surface area contributed by atoms with Gasteiger partial charge in [0.2, 0.25) is 0 Å². The average molecular weight is 337 g/mol. The number of quaternary nitrogens is 1. The number of amides is 1. The van der Waals surface area contributed by atoms with Gasteiger partial charge in [0.25, 0.3) is 5.91 Å². The fourth-order valence-corrected chi connectivity index (χ4v) is 2.72. The Morgan fingerprint density at radius 2 is 1.84 bits per heavy atom. The molecule has 3 N–H and O–H groups in total. The number of para-hydroxylation sites is 2. The van der Waals surface area contributed by atoms with Gasteiger partial charge < -0.3 is 19.8 Å². The van der Waals surface area contributed by atoms with Crippen molar-refractivity contribution in [1.82, 2.24) is 0 Å². The third-order valence-electron chi connectivity index (χ3n) is 3.93. The summed E-state index contributed by atoms with van der Waals surface area (Å²) in [4.78, 5) is 12.4. The van der Waals surface area contributed by atoms with Crippen molar-refractivity contribution in [3.8, 4) is 5.75 Å². The SMILES string of the molecule is COc1ccccc1NC(=O)C[NH2+][C@@H](c1ccccc1)c1ccco1. The second kappa shape index (κ2) is 8.17. The summed E-state index contributed by atoms with van der Waals surface area (Å²) in [5.74, 6) is 1.36. The minimum atomic E-state index is -0.100. The number of benzene rings is 2. The Morgan fingerprint density at radius 3 is 2.56 bits per heavy atom. The Morgan fingerprint density at radius 1 is 1.08 bits per heavy atom. The highest BCUT2D eigenvalue weighted by Crippen LogP contribution is 2.22. The Kier molecular flexibility index (Phi) is 5.49. The summed E-state index contributed by atoms with van der Waals surface area (Å²) in [5, 5.41) is 4.85. The number of rotatable bonds is 7. The fraction of sp³-hybridized carbons (Fsp3) is 0.150. The van der Waals surface area contributed by atoms with Crippen LogP contribution in [0.15, 0.2) is 77.4 Å². The molecule has 0 aliphatic heterocycles. The Labute approximate surface area is 146 Å². The average Bonchev–Trinajstić information content (AvgIpc) is 3.18. The molecule has 5 nitrogen and oxygen atoms in total. The standard InChI is InChI=1S/C20H20N2O3/c1-24-17-11-6-5-10-16(17)22-19(23)14-21-20(18-12-7-13-25-18)15-8-3-2-4-9-15/h2-13,20-21H,14H2,1H3,(H,22,23)/p+1/t20-/m0/s1. The van der Waals surface area contributed by atoms with Crippen LogP contribution in [0.1, 0.15) is 17.4 Å². The first-order chi connectivity index (χ1) is 12.3. The molecule has 0 fully saturated rings. The van der Waals surface area contributed by atoms with Gasteiger partial charge in [0.05, 0.1) is 19.1 Å². The molecule has 0 spiro atoms. The summed E-state index contributed by atoms with van der Waals surface area (Å²) in [6.07, 6.45) is 1.65. The van der Waals surface area contributed by atoms with Crippen LogP contribution in [0, 0.1) is 0 Å². The molecule has 2 aromatic carbocycles. The van der Waals surface area contributed by atoms with Crippen molar-refractivity contribution in [2.75, 3.05) is 19.0 Å². The lowest BCUT2D eigenvalue weighted by atomic mass is 10.0. The van der Waals surface area contributed by atoms with Gasteiger partial charge in [0.15, 0.2) is 18.3 Å². The first-order valence-electron chi connectivity index (χ1n) is 8.12. The number of carbonyl (C=O) groups is 1. The topological polar surface area (TPSA) is 68.1 Å². The van der Waals surface area contributed by atoms with Crippen LogP contribution < -0.4 is 15.4 Å². The molecule has 5 heteroatoms. The maximum Gasteiger partial charge on any atom is 0.279 e. The van der Waals surface area contributed by atoms with E-state index in [1.165, 1.54) is 0 Å². The zero-order chi connectivity index (χ0) is 17.5. The summed E-state index contributed by atoms with van der Waals surface area (Å²) >= 11 is 0. The molecule has 0 saturated heterocycles. The van der Waals surface area contributed by atoms with Crippen molar-refractivity contribution in [2.45, 2.75) is 6.04 Å². The molecule has 3 aromatic rings. The second-order valence-electron chi connectivity index (χ2n) is 5.59. The van der Waals surface area contributed by atoms with Crippen molar-refractivity contribution in [3.63, 3.8) is 0 Å². The van der Waals surface area contributed by atoms with Crippen molar-refractivity contribution >= 4 is 11.6 Å². The van der Waals surface area contributed by atoms with Crippen LogP contribution in [0.25, 0.3) is 0 Å². The molecule has 1 aromatic heterocycles. The molecule has 1 heterocycles. The molecule has 0 unspecified atom stereocenters. The van der Waals surface area contributed by atoms with Crippen LogP contribution in [0.3, 0.4) is 0 Å². The minimum absolute atomic E-state index is 0.0698. The Balaban J connectivity index is 1.68. The number of furan rings is 1. The highest BCUT2D eigenvalue weighted by atomic mass is 16.5. The van der Waals surface area contributed by atoms with Gasteiger partial charge in [-0.25, -0.2) is 0 Å². The van der Waals surface area contributed by atoms with Gasteiger partial charge in [-0.3, -0.25) is 4.79 Å². The smallest absolute Gasteiger partial charge is 0.279 e. The molecule has 25 heavy (non-hydrogen) atoms. The predicted molar refractivity (Wildman–Crippen MR) is 95.4 cm³/mol. The molecular formula is C20H21N2O3+. The van der Waals surface area contributed by atoms with E-state index in [1.807, 2.05) is 72.0 Å². The minimum Gasteiger partial charge on any atom is -0.495 e. The van der Waals surface area contributed by atoms with E-state index in [9.17, 15) is 4.79 Å². The van der Waals surface area contributed by atoms with E-state index in [1.54, 1.807) is 13.4 Å². The second-order valence-corrected chi connectivity index (χ2v) is 5.59. The van der Waals surface area contributed by atoms with Crippen molar-refractivity contribution in [2.24, 2.45) is 0 Å². The van der Waals surface area contributed by atoms with E-state index in [2.05, 4.69) is 5.32 Å². The number of anilines is 1. The van der Waals surface area contributed by atoms with Crippen molar-refractivity contribution in [1.29, 1.82) is 0 Å². The summed E-state index contributed by atoms with van der Waals surface area (Å²) in [7, 11) is 1.58. The van der Waals surface area contributed by atoms with Gasteiger partial charge in [0, 0.05) is 5.56 Å². The van der Waals surface area contributed by atoms with Gasteiger partial charge in [-0.15, -0.1) is 0 Å².